The van der Waals surface area contributed by atoms with Gasteiger partial charge in [-0.15, -0.1) is 0 Å². The van der Waals surface area contributed by atoms with Gasteiger partial charge in [-0.25, -0.2) is 8.42 Å². The molecule has 28 heavy (non-hydrogen) atoms. The zero-order valence-corrected chi connectivity index (χ0v) is 17.9. The van der Waals surface area contributed by atoms with Crippen LogP contribution in [0.2, 0.25) is 10.0 Å². The average Bonchev–Trinajstić information content (AvgIpc) is 2.55. The van der Waals surface area contributed by atoms with Crippen molar-refractivity contribution in [1.82, 2.24) is 0 Å². The van der Waals surface area contributed by atoms with Crippen LogP contribution in [0.15, 0.2) is 51.1 Å². The molecule has 0 aliphatic rings. The van der Waals surface area contributed by atoms with E-state index in [-0.39, 0.29) is 33.3 Å². The minimum absolute atomic E-state index is 0.0118. The molecule has 0 atom stereocenters. The van der Waals surface area contributed by atoms with Gasteiger partial charge in [0, 0.05) is 5.02 Å². The summed E-state index contributed by atoms with van der Waals surface area (Å²) < 4.78 is 88.6. The molecule has 0 bridgehead atoms. The van der Waals surface area contributed by atoms with E-state index >= 15 is 0 Å². The van der Waals surface area contributed by atoms with Crippen molar-refractivity contribution in [2.75, 3.05) is 5.75 Å². The van der Waals surface area contributed by atoms with Crippen molar-refractivity contribution in [1.29, 1.82) is 0 Å². The Morgan fingerprint density at radius 2 is 1.43 bits per heavy atom. The highest BCUT2D eigenvalue weighted by atomic mass is 35.5. The molecule has 2 aromatic carbocycles. The molecule has 2 N–H and O–H groups in total. The van der Waals surface area contributed by atoms with E-state index in [1.165, 1.54) is 18.2 Å². The van der Waals surface area contributed by atoms with Crippen molar-refractivity contribution in [3.8, 4) is 0 Å². The van der Waals surface area contributed by atoms with Crippen LogP contribution >= 0.6 is 23.2 Å². The number of hydrogen-bond acceptors (Lipinski definition) is 6. The summed E-state index contributed by atoms with van der Waals surface area (Å²) in [4.78, 5) is -1.62. The molecule has 0 saturated carbocycles. The number of hydrogen-bond donors (Lipinski definition) is 2. The monoisotopic (exact) mass is 488 g/mol. The molecule has 2 aromatic rings. The summed E-state index contributed by atoms with van der Waals surface area (Å²) in [7, 11) is -13.3. The molecule has 0 spiro atoms. The first kappa shape index (κ1) is 23.1. The van der Waals surface area contributed by atoms with Crippen LogP contribution in [0.5, 0.6) is 0 Å². The third-order valence-corrected chi connectivity index (χ3v) is 8.00. The van der Waals surface area contributed by atoms with Gasteiger partial charge in [0.1, 0.15) is 0 Å². The molecule has 0 heterocycles. The Kier molecular flexibility index (Phi) is 6.81. The summed E-state index contributed by atoms with van der Waals surface area (Å²) in [5.74, 6) is -0.405. The molecular formula is C15H14Cl2O8S3. The predicted molar refractivity (Wildman–Crippen MR) is 103 cm³/mol. The second-order valence-electron chi connectivity index (χ2n) is 5.72. The van der Waals surface area contributed by atoms with Crippen LogP contribution in [0, 0.1) is 0 Å². The lowest BCUT2D eigenvalue weighted by atomic mass is 10.1. The van der Waals surface area contributed by atoms with Crippen LogP contribution in [0.25, 0.3) is 0 Å². The molecule has 8 nitrogen and oxygen atoms in total. The Morgan fingerprint density at radius 1 is 0.786 bits per heavy atom. The van der Waals surface area contributed by atoms with Gasteiger partial charge >= 0.3 is 0 Å². The highest BCUT2D eigenvalue weighted by Crippen LogP contribution is 2.27. The first-order chi connectivity index (χ1) is 12.7. The number of aryl methyl sites for hydroxylation is 1. The first-order valence-electron chi connectivity index (χ1n) is 7.47. The van der Waals surface area contributed by atoms with Gasteiger partial charge in [-0.2, -0.15) is 16.8 Å². The number of halogens is 2. The summed E-state index contributed by atoms with van der Waals surface area (Å²) >= 11 is 11.7. The molecule has 0 fully saturated rings. The molecule has 0 aliphatic heterocycles. The highest BCUT2D eigenvalue weighted by Gasteiger charge is 2.22. The Balaban J connectivity index is 2.29. The summed E-state index contributed by atoms with van der Waals surface area (Å²) in [5, 5.41) is 0.165. The molecule has 0 aliphatic carbocycles. The van der Waals surface area contributed by atoms with Gasteiger partial charge in [-0.3, -0.25) is 9.11 Å². The molecule has 0 saturated heterocycles. The third-order valence-electron chi connectivity index (χ3n) is 3.70. The van der Waals surface area contributed by atoms with Crippen molar-refractivity contribution < 1.29 is 34.4 Å². The maximum atomic E-state index is 12.4. The van der Waals surface area contributed by atoms with Gasteiger partial charge < -0.3 is 0 Å². The van der Waals surface area contributed by atoms with Gasteiger partial charge in [0.15, 0.2) is 9.84 Å². The number of benzene rings is 2. The number of rotatable bonds is 7. The van der Waals surface area contributed by atoms with Crippen molar-refractivity contribution >= 4 is 53.3 Å². The van der Waals surface area contributed by atoms with Crippen LogP contribution in [0.3, 0.4) is 0 Å². The van der Waals surface area contributed by atoms with Gasteiger partial charge in [-0.05, 0) is 48.7 Å². The second-order valence-corrected chi connectivity index (χ2v) is 11.4. The third kappa shape index (κ3) is 5.66. The van der Waals surface area contributed by atoms with Gasteiger partial charge in [-0.1, -0.05) is 29.3 Å². The van der Waals surface area contributed by atoms with E-state index in [4.69, 9.17) is 27.8 Å². The minimum Gasteiger partial charge on any atom is -0.282 e. The molecule has 0 radical (unpaired) electrons. The van der Waals surface area contributed by atoms with E-state index in [2.05, 4.69) is 0 Å². The normalized spacial score (nSPS) is 12.9. The van der Waals surface area contributed by atoms with Crippen molar-refractivity contribution in [2.24, 2.45) is 0 Å². The van der Waals surface area contributed by atoms with E-state index in [0.717, 1.165) is 12.1 Å². The Bertz CT molecular complexity index is 1220. The van der Waals surface area contributed by atoms with E-state index in [0.29, 0.717) is 6.07 Å². The van der Waals surface area contributed by atoms with Crippen LogP contribution in [0.4, 0.5) is 0 Å². The van der Waals surface area contributed by atoms with Crippen LogP contribution in [-0.2, 0) is 36.5 Å². The van der Waals surface area contributed by atoms with Gasteiger partial charge in [0.2, 0.25) is 0 Å². The molecule has 0 unspecified atom stereocenters. The fourth-order valence-corrected chi connectivity index (χ4v) is 5.90. The van der Waals surface area contributed by atoms with Crippen LogP contribution in [0.1, 0.15) is 12.0 Å². The summed E-state index contributed by atoms with van der Waals surface area (Å²) in [6, 6.07) is 6.58. The van der Waals surface area contributed by atoms with Crippen LogP contribution in [-0.4, -0.2) is 40.1 Å². The maximum absolute atomic E-state index is 12.4. The lowest BCUT2D eigenvalue weighted by Crippen LogP contribution is -2.11. The molecule has 0 aromatic heterocycles. The van der Waals surface area contributed by atoms with E-state index in [1.807, 2.05) is 0 Å². The molecule has 2 rings (SSSR count). The predicted octanol–water partition coefficient (Wildman–Crippen LogP) is 2.89. The number of sulfone groups is 1. The van der Waals surface area contributed by atoms with Gasteiger partial charge in [0.25, 0.3) is 20.2 Å². The second kappa shape index (κ2) is 8.27. The zero-order valence-electron chi connectivity index (χ0n) is 13.9. The highest BCUT2D eigenvalue weighted by molar-refractivity contribution is 7.91. The van der Waals surface area contributed by atoms with E-state index < -0.39 is 45.6 Å². The minimum atomic E-state index is -4.81. The Morgan fingerprint density at radius 3 is 2.00 bits per heavy atom. The molecule has 0 amide bonds. The summed E-state index contributed by atoms with van der Waals surface area (Å²) in [6.07, 6.45) is -0.169. The lowest BCUT2D eigenvalue weighted by molar-refractivity contribution is 0.480. The van der Waals surface area contributed by atoms with Crippen LogP contribution < -0.4 is 0 Å². The van der Waals surface area contributed by atoms with Gasteiger partial charge in [0.05, 0.1) is 25.5 Å². The SMILES string of the molecule is O=S(=O)(O)c1ccc(CCCS(=O)(=O)c2cc(Cl)ccc2Cl)c(S(=O)(=O)O)c1. The first-order valence-corrected chi connectivity index (χ1v) is 12.8. The lowest BCUT2D eigenvalue weighted by Gasteiger charge is -2.10. The average molecular weight is 489 g/mol. The topological polar surface area (TPSA) is 143 Å². The fraction of sp³-hybridized carbons (Fsp3) is 0.200. The zero-order chi connectivity index (χ0) is 21.3. The standard InChI is InChI=1S/C15H14Cl2O8S3/c16-11-4-6-13(17)15(8-11)26(18,19)7-1-2-10-3-5-12(27(20,21)22)9-14(10)28(23,24)25/h3-6,8-9H,1-2,7H2,(H,20,21,22)(H,23,24,25). The maximum Gasteiger partial charge on any atom is 0.294 e. The molecule has 154 valence electrons. The largest absolute Gasteiger partial charge is 0.294 e. The summed E-state index contributed by atoms with van der Waals surface area (Å²) in [6.45, 7) is 0. The quantitative estimate of drug-likeness (QED) is 0.566. The van der Waals surface area contributed by atoms with Crippen molar-refractivity contribution in [3.05, 3.63) is 52.0 Å². The fourth-order valence-electron chi connectivity index (χ4n) is 2.42. The van der Waals surface area contributed by atoms with Crippen molar-refractivity contribution in [3.63, 3.8) is 0 Å². The molecule has 13 heteroatoms. The Hall–Kier alpha value is -1.21. The smallest absolute Gasteiger partial charge is 0.282 e. The summed E-state index contributed by atoms with van der Waals surface area (Å²) in [5.41, 5.74) is -0.0118. The Labute approximate surface area is 172 Å². The molecular weight excluding hydrogens is 475 g/mol. The van der Waals surface area contributed by atoms with Crippen molar-refractivity contribution in [2.45, 2.75) is 27.5 Å². The van der Waals surface area contributed by atoms with E-state index in [1.54, 1.807) is 0 Å². The van der Waals surface area contributed by atoms with E-state index in [9.17, 15) is 29.8 Å².